The van der Waals surface area contributed by atoms with Crippen molar-refractivity contribution in [3.8, 4) is 0 Å². The van der Waals surface area contributed by atoms with Crippen LogP contribution in [-0.4, -0.2) is 0 Å². The van der Waals surface area contributed by atoms with Crippen molar-refractivity contribution in [2.75, 3.05) is 0 Å². The van der Waals surface area contributed by atoms with Gasteiger partial charge < -0.3 is 10.2 Å². The monoisotopic (exact) mass is 179 g/mol. The SMILES string of the molecule is CCc1occc1C(N)C1CCC1. The van der Waals surface area contributed by atoms with Crippen LogP contribution in [0.5, 0.6) is 0 Å². The number of rotatable bonds is 3. The molecule has 0 aliphatic heterocycles. The number of aryl methyl sites for hydroxylation is 1. The third-order valence-corrected chi connectivity index (χ3v) is 3.12. The fourth-order valence-corrected chi connectivity index (χ4v) is 1.99. The average molecular weight is 179 g/mol. The molecule has 1 aliphatic rings. The zero-order chi connectivity index (χ0) is 9.26. The van der Waals surface area contributed by atoms with Crippen LogP contribution in [0.15, 0.2) is 16.7 Å². The summed E-state index contributed by atoms with van der Waals surface area (Å²) in [6.07, 6.45) is 6.62. The summed E-state index contributed by atoms with van der Waals surface area (Å²) in [6.45, 7) is 2.11. The van der Waals surface area contributed by atoms with E-state index in [0.29, 0.717) is 5.92 Å². The van der Waals surface area contributed by atoms with Crippen molar-refractivity contribution < 1.29 is 4.42 Å². The number of nitrogens with two attached hydrogens (primary N) is 1. The lowest BCUT2D eigenvalue weighted by molar-refractivity contribution is 0.262. The summed E-state index contributed by atoms with van der Waals surface area (Å²) < 4.78 is 5.37. The van der Waals surface area contributed by atoms with Gasteiger partial charge in [0.2, 0.25) is 0 Å². The van der Waals surface area contributed by atoms with Gasteiger partial charge >= 0.3 is 0 Å². The first-order valence-corrected chi connectivity index (χ1v) is 5.14. The van der Waals surface area contributed by atoms with E-state index in [4.69, 9.17) is 10.2 Å². The molecule has 0 bridgehead atoms. The highest BCUT2D eigenvalue weighted by atomic mass is 16.3. The van der Waals surface area contributed by atoms with Gasteiger partial charge in [-0.05, 0) is 24.8 Å². The molecule has 1 aromatic rings. The molecule has 1 atom stereocenters. The van der Waals surface area contributed by atoms with E-state index in [1.54, 1.807) is 6.26 Å². The second kappa shape index (κ2) is 3.54. The first kappa shape index (κ1) is 8.82. The lowest BCUT2D eigenvalue weighted by Crippen LogP contribution is -2.27. The third kappa shape index (κ3) is 1.51. The molecule has 1 saturated carbocycles. The smallest absolute Gasteiger partial charge is 0.108 e. The highest BCUT2D eigenvalue weighted by Crippen LogP contribution is 2.37. The second-order valence-corrected chi connectivity index (χ2v) is 3.87. The molecular weight excluding hydrogens is 162 g/mol. The van der Waals surface area contributed by atoms with Crippen LogP contribution in [-0.2, 0) is 6.42 Å². The second-order valence-electron chi connectivity index (χ2n) is 3.87. The van der Waals surface area contributed by atoms with Crippen LogP contribution in [0.1, 0.15) is 43.6 Å². The lowest BCUT2D eigenvalue weighted by Gasteiger charge is -2.31. The topological polar surface area (TPSA) is 39.2 Å². The van der Waals surface area contributed by atoms with E-state index in [1.165, 1.54) is 24.8 Å². The van der Waals surface area contributed by atoms with E-state index in [9.17, 15) is 0 Å². The zero-order valence-corrected chi connectivity index (χ0v) is 8.12. The van der Waals surface area contributed by atoms with Gasteiger partial charge in [-0.2, -0.15) is 0 Å². The fourth-order valence-electron chi connectivity index (χ4n) is 1.99. The van der Waals surface area contributed by atoms with Gasteiger partial charge in [0.25, 0.3) is 0 Å². The van der Waals surface area contributed by atoms with Crippen molar-refractivity contribution in [3.05, 3.63) is 23.7 Å². The molecule has 2 rings (SSSR count). The average Bonchev–Trinajstić information content (AvgIpc) is 2.47. The molecule has 0 radical (unpaired) electrons. The lowest BCUT2D eigenvalue weighted by atomic mass is 9.77. The highest BCUT2D eigenvalue weighted by molar-refractivity contribution is 5.22. The molecule has 1 fully saturated rings. The van der Waals surface area contributed by atoms with Gasteiger partial charge in [-0.25, -0.2) is 0 Å². The van der Waals surface area contributed by atoms with Gasteiger partial charge in [-0.1, -0.05) is 13.3 Å². The summed E-state index contributed by atoms with van der Waals surface area (Å²) in [7, 11) is 0. The molecule has 0 amide bonds. The molecule has 2 heteroatoms. The van der Waals surface area contributed by atoms with Crippen LogP contribution in [0, 0.1) is 5.92 Å². The van der Waals surface area contributed by atoms with Crippen molar-refractivity contribution in [2.45, 2.75) is 38.6 Å². The summed E-state index contributed by atoms with van der Waals surface area (Å²) in [6, 6.07) is 2.24. The maximum absolute atomic E-state index is 6.16. The van der Waals surface area contributed by atoms with E-state index in [0.717, 1.165) is 12.2 Å². The van der Waals surface area contributed by atoms with Gasteiger partial charge in [0.15, 0.2) is 0 Å². The number of hydrogen-bond acceptors (Lipinski definition) is 2. The van der Waals surface area contributed by atoms with Gasteiger partial charge in [0.1, 0.15) is 5.76 Å². The summed E-state index contributed by atoms with van der Waals surface area (Å²) in [5, 5.41) is 0. The molecule has 0 saturated heterocycles. The first-order chi connectivity index (χ1) is 6.33. The summed E-state index contributed by atoms with van der Waals surface area (Å²) in [5.41, 5.74) is 7.39. The van der Waals surface area contributed by atoms with E-state index in [1.807, 2.05) is 6.07 Å². The number of furan rings is 1. The van der Waals surface area contributed by atoms with E-state index >= 15 is 0 Å². The summed E-state index contributed by atoms with van der Waals surface area (Å²) in [4.78, 5) is 0. The van der Waals surface area contributed by atoms with Crippen molar-refractivity contribution in [1.29, 1.82) is 0 Å². The van der Waals surface area contributed by atoms with Crippen molar-refractivity contribution in [1.82, 2.24) is 0 Å². The minimum atomic E-state index is 0.211. The van der Waals surface area contributed by atoms with Gasteiger partial charge in [-0.3, -0.25) is 0 Å². The van der Waals surface area contributed by atoms with Crippen LogP contribution in [0.3, 0.4) is 0 Å². The minimum Gasteiger partial charge on any atom is -0.469 e. The molecule has 2 N–H and O–H groups in total. The summed E-state index contributed by atoms with van der Waals surface area (Å²) >= 11 is 0. The van der Waals surface area contributed by atoms with Crippen LogP contribution in [0.2, 0.25) is 0 Å². The third-order valence-electron chi connectivity index (χ3n) is 3.12. The number of hydrogen-bond donors (Lipinski definition) is 1. The standard InChI is InChI=1S/C11H17NO/c1-2-10-9(6-7-13-10)11(12)8-4-3-5-8/h6-8,11H,2-5,12H2,1H3. The van der Waals surface area contributed by atoms with Crippen molar-refractivity contribution >= 4 is 0 Å². The molecule has 1 heterocycles. The van der Waals surface area contributed by atoms with Gasteiger partial charge in [-0.15, -0.1) is 0 Å². The molecule has 1 aliphatic carbocycles. The molecule has 1 unspecified atom stereocenters. The highest BCUT2D eigenvalue weighted by Gasteiger charge is 2.27. The molecular formula is C11H17NO. The van der Waals surface area contributed by atoms with Gasteiger partial charge in [0.05, 0.1) is 6.26 Å². The van der Waals surface area contributed by atoms with Crippen LogP contribution < -0.4 is 5.73 Å². The van der Waals surface area contributed by atoms with E-state index in [-0.39, 0.29) is 6.04 Å². The van der Waals surface area contributed by atoms with Crippen LogP contribution >= 0.6 is 0 Å². The van der Waals surface area contributed by atoms with Crippen LogP contribution in [0.4, 0.5) is 0 Å². The predicted octanol–water partition coefficient (Wildman–Crippen LogP) is 2.64. The Hall–Kier alpha value is -0.760. The zero-order valence-electron chi connectivity index (χ0n) is 8.12. The molecule has 13 heavy (non-hydrogen) atoms. The van der Waals surface area contributed by atoms with Crippen molar-refractivity contribution in [2.24, 2.45) is 11.7 Å². The molecule has 0 spiro atoms. The van der Waals surface area contributed by atoms with Gasteiger partial charge in [0, 0.05) is 18.0 Å². The first-order valence-electron chi connectivity index (χ1n) is 5.14. The molecule has 2 nitrogen and oxygen atoms in total. The Morgan fingerprint density at radius 2 is 2.38 bits per heavy atom. The minimum absolute atomic E-state index is 0.211. The predicted molar refractivity (Wildman–Crippen MR) is 52.4 cm³/mol. The Kier molecular flexibility index (Phi) is 2.40. The molecule has 0 aromatic carbocycles. The molecule has 72 valence electrons. The Morgan fingerprint density at radius 1 is 1.62 bits per heavy atom. The quantitative estimate of drug-likeness (QED) is 0.774. The Labute approximate surface area is 79.1 Å². The van der Waals surface area contributed by atoms with Crippen LogP contribution in [0.25, 0.3) is 0 Å². The van der Waals surface area contributed by atoms with E-state index in [2.05, 4.69) is 6.92 Å². The Balaban J connectivity index is 2.13. The Morgan fingerprint density at radius 3 is 2.92 bits per heavy atom. The Bertz CT molecular complexity index is 275. The maximum Gasteiger partial charge on any atom is 0.108 e. The fraction of sp³-hybridized carbons (Fsp3) is 0.636. The molecule has 1 aromatic heterocycles. The normalized spacial score (nSPS) is 19.8. The maximum atomic E-state index is 6.16. The summed E-state index contributed by atoms with van der Waals surface area (Å²) in [5.74, 6) is 1.77. The largest absolute Gasteiger partial charge is 0.469 e. The van der Waals surface area contributed by atoms with E-state index < -0.39 is 0 Å². The van der Waals surface area contributed by atoms with Crippen molar-refractivity contribution in [3.63, 3.8) is 0 Å².